The van der Waals surface area contributed by atoms with Crippen LogP contribution in [0.1, 0.15) is 6.99 Å². The highest BCUT2D eigenvalue weighted by atomic mass is 35.5. The average Bonchev–Trinajstić information content (AvgIpc) is 2.41. The fourth-order valence-corrected chi connectivity index (χ4v) is 2.03. The summed E-state index contributed by atoms with van der Waals surface area (Å²) in [5.74, 6) is 1.01. The van der Waals surface area contributed by atoms with Gasteiger partial charge in [-0.2, -0.15) is 4.98 Å². The highest BCUT2D eigenvalue weighted by Crippen LogP contribution is 2.25. The van der Waals surface area contributed by atoms with Crippen LogP contribution in [-0.2, 0) is 0 Å². The number of nitrogens with zero attached hydrogens (tertiary/aromatic N) is 2. The van der Waals surface area contributed by atoms with Gasteiger partial charge in [-0.1, -0.05) is 30.3 Å². The first-order chi connectivity index (χ1) is 9.24. The van der Waals surface area contributed by atoms with Crippen LogP contribution >= 0.6 is 12.4 Å². The van der Waals surface area contributed by atoms with Crippen molar-refractivity contribution in [1.82, 2.24) is 9.97 Å². The molecule has 0 atom stereocenters. The SMILES string of the molecule is Cc1ccccc1Nc1nc(N)nc2ccccc12.Cl.[Cl-].[H+]. The third kappa shape index (κ3) is 3.54. The Bertz CT molecular complexity index is 752. The topological polar surface area (TPSA) is 63.8 Å². The molecular weight excluding hydrogens is 307 g/mol. The second kappa shape index (κ2) is 7.11. The zero-order valence-corrected chi connectivity index (χ0v) is 12.9. The maximum Gasteiger partial charge on any atom is 1.00 e. The molecule has 0 bridgehead atoms. The molecule has 3 aromatic rings. The van der Waals surface area contributed by atoms with Gasteiger partial charge in [0.1, 0.15) is 5.82 Å². The van der Waals surface area contributed by atoms with Crippen LogP contribution in [-0.4, -0.2) is 9.97 Å². The van der Waals surface area contributed by atoms with Gasteiger partial charge in [0.2, 0.25) is 5.95 Å². The predicted molar refractivity (Wildman–Crippen MR) is 86.8 cm³/mol. The number of aromatic nitrogens is 2. The van der Waals surface area contributed by atoms with Crippen molar-refractivity contribution >= 4 is 40.8 Å². The number of benzene rings is 2. The van der Waals surface area contributed by atoms with E-state index >= 15 is 0 Å². The van der Waals surface area contributed by atoms with E-state index in [4.69, 9.17) is 5.73 Å². The minimum Gasteiger partial charge on any atom is -1.00 e. The van der Waals surface area contributed by atoms with E-state index < -0.39 is 0 Å². The van der Waals surface area contributed by atoms with E-state index in [1.807, 2.05) is 42.5 Å². The number of anilines is 3. The average molecular weight is 323 g/mol. The number of fused-ring (bicyclic) bond motifs is 1. The Labute approximate surface area is 137 Å². The van der Waals surface area contributed by atoms with Crippen molar-refractivity contribution < 1.29 is 13.8 Å². The molecule has 21 heavy (non-hydrogen) atoms. The van der Waals surface area contributed by atoms with Gasteiger partial charge in [0.25, 0.3) is 0 Å². The molecule has 3 N–H and O–H groups in total. The van der Waals surface area contributed by atoms with Gasteiger partial charge in [-0.25, -0.2) is 4.98 Å². The molecule has 4 nitrogen and oxygen atoms in total. The molecule has 0 spiro atoms. The second-order valence-corrected chi connectivity index (χ2v) is 4.39. The summed E-state index contributed by atoms with van der Waals surface area (Å²) in [6.45, 7) is 2.05. The summed E-state index contributed by atoms with van der Waals surface area (Å²) < 4.78 is 0. The van der Waals surface area contributed by atoms with Gasteiger partial charge in [0.05, 0.1) is 5.52 Å². The molecule has 0 aliphatic rings. The van der Waals surface area contributed by atoms with Gasteiger partial charge in [-0.15, -0.1) is 12.4 Å². The molecule has 1 aromatic heterocycles. The molecule has 0 fully saturated rings. The Balaban J connectivity index is 0.00000147. The zero-order chi connectivity index (χ0) is 13.2. The Hall–Kier alpha value is -2.04. The molecular formula is C15H16Cl2N4. The normalized spacial score (nSPS) is 9.57. The lowest BCUT2D eigenvalue weighted by Gasteiger charge is -2.11. The lowest BCUT2D eigenvalue weighted by molar-refractivity contribution is -0.00000420. The molecule has 0 amide bonds. The van der Waals surface area contributed by atoms with Crippen molar-refractivity contribution in [3.05, 3.63) is 54.1 Å². The molecule has 0 aliphatic carbocycles. The highest BCUT2D eigenvalue weighted by Gasteiger charge is 2.06. The van der Waals surface area contributed by atoms with Crippen LogP contribution in [0.5, 0.6) is 0 Å². The number of halogens is 2. The summed E-state index contributed by atoms with van der Waals surface area (Å²) >= 11 is 0. The van der Waals surface area contributed by atoms with Crippen molar-refractivity contribution in [3.8, 4) is 0 Å². The number of para-hydroxylation sites is 2. The molecule has 0 saturated carbocycles. The van der Waals surface area contributed by atoms with Crippen LogP contribution in [0.2, 0.25) is 0 Å². The van der Waals surface area contributed by atoms with E-state index in [-0.39, 0.29) is 32.2 Å². The standard InChI is InChI=1S/C15H14N4.2ClH/c1-10-6-2-4-8-12(10)17-14-11-7-3-5-9-13(11)18-15(16)19-14;;/h2-9H,1H3,(H3,16,17,18,19);2*1H. The van der Waals surface area contributed by atoms with Crippen LogP contribution in [0, 0.1) is 6.92 Å². The number of aryl methyl sites for hydroxylation is 1. The van der Waals surface area contributed by atoms with Crippen molar-refractivity contribution in [2.24, 2.45) is 0 Å². The molecule has 1 heterocycles. The highest BCUT2D eigenvalue weighted by molar-refractivity contribution is 5.91. The van der Waals surface area contributed by atoms with E-state index in [2.05, 4.69) is 28.3 Å². The maximum atomic E-state index is 5.75. The summed E-state index contributed by atoms with van der Waals surface area (Å²) in [6.07, 6.45) is 0. The summed E-state index contributed by atoms with van der Waals surface area (Å²) in [5.41, 5.74) is 8.77. The Kier molecular flexibility index (Phi) is 5.76. The van der Waals surface area contributed by atoms with Crippen molar-refractivity contribution in [2.45, 2.75) is 6.92 Å². The monoisotopic (exact) mass is 322 g/mol. The van der Waals surface area contributed by atoms with Crippen LogP contribution in [0.25, 0.3) is 10.9 Å². The number of nitrogen functional groups attached to an aromatic ring is 1. The Morgan fingerprint density at radius 3 is 2.43 bits per heavy atom. The number of nitrogens with one attached hydrogen (secondary N) is 1. The van der Waals surface area contributed by atoms with E-state index in [1.165, 1.54) is 0 Å². The van der Waals surface area contributed by atoms with E-state index in [1.54, 1.807) is 0 Å². The van der Waals surface area contributed by atoms with E-state index in [0.29, 0.717) is 0 Å². The van der Waals surface area contributed by atoms with Crippen molar-refractivity contribution in [2.75, 3.05) is 11.1 Å². The number of nitrogens with two attached hydrogens (primary N) is 1. The minimum absolute atomic E-state index is 0. The third-order valence-corrected chi connectivity index (χ3v) is 3.02. The lowest BCUT2D eigenvalue weighted by Crippen LogP contribution is -3.00. The molecule has 0 saturated heterocycles. The molecule has 3 rings (SSSR count). The molecule has 0 unspecified atom stereocenters. The summed E-state index contributed by atoms with van der Waals surface area (Å²) in [6, 6.07) is 15.9. The van der Waals surface area contributed by atoms with Crippen LogP contribution in [0.3, 0.4) is 0 Å². The summed E-state index contributed by atoms with van der Waals surface area (Å²) in [4.78, 5) is 8.52. The Morgan fingerprint density at radius 1 is 1.00 bits per heavy atom. The van der Waals surface area contributed by atoms with Gasteiger partial charge in [0, 0.05) is 11.1 Å². The molecule has 110 valence electrons. The summed E-state index contributed by atoms with van der Waals surface area (Å²) in [5, 5.41) is 4.28. The fraction of sp³-hybridized carbons (Fsp3) is 0.0667. The van der Waals surface area contributed by atoms with Gasteiger partial charge in [0.15, 0.2) is 0 Å². The van der Waals surface area contributed by atoms with Gasteiger partial charge >= 0.3 is 1.43 Å². The smallest absolute Gasteiger partial charge is 1.00 e. The largest absolute Gasteiger partial charge is 1.00 e. The van der Waals surface area contributed by atoms with E-state index in [0.717, 1.165) is 28.0 Å². The predicted octanol–water partition coefficient (Wildman–Crippen LogP) is 0.802. The first-order valence-corrected chi connectivity index (χ1v) is 6.09. The molecule has 0 radical (unpaired) electrons. The van der Waals surface area contributed by atoms with E-state index in [9.17, 15) is 0 Å². The first kappa shape index (κ1) is 17.0. The minimum atomic E-state index is 0. The quantitative estimate of drug-likeness (QED) is 0.732. The first-order valence-electron chi connectivity index (χ1n) is 6.09. The zero-order valence-electron chi connectivity index (χ0n) is 12.4. The number of rotatable bonds is 2. The molecule has 6 heteroatoms. The van der Waals surface area contributed by atoms with Crippen molar-refractivity contribution in [1.29, 1.82) is 0 Å². The van der Waals surface area contributed by atoms with Crippen molar-refractivity contribution in [3.63, 3.8) is 0 Å². The summed E-state index contributed by atoms with van der Waals surface area (Å²) in [7, 11) is 0. The van der Waals surface area contributed by atoms with Gasteiger partial charge < -0.3 is 23.5 Å². The van der Waals surface area contributed by atoms with Crippen LogP contribution < -0.4 is 23.5 Å². The number of hydrogen-bond acceptors (Lipinski definition) is 4. The fourth-order valence-electron chi connectivity index (χ4n) is 2.03. The molecule has 2 aromatic carbocycles. The van der Waals surface area contributed by atoms with Gasteiger partial charge in [-0.05, 0) is 30.7 Å². The third-order valence-electron chi connectivity index (χ3n) is 3.02. The number of hydrogen-bond donors (Lipinski definition) is 2. The van der Waals surface area contributed by atoms with Crippen LogP contribution in [0.4, 0.5) is 17.5 Å². The van der Waals surface area contributed by atoms with Gasteiger partial charge in [-0.3, -0.25) is 0 Å². The maximum absolute atomic E-state index is 5.75. The lowest BCUT2D eigenvalue weighted by atomic mass is 10.2. The van der Waals surface area contributed by atoms with Crippen LogP contribution in [0.15, 0.2) is 48.5 Å². The second-order valence-electron chi connectivity index (χ2n) is 4.39. The Morgan fingerprint density at radius 2 is 1.67 bits per heavy atom. The molecule has 0 aliphatic heterocycles.